The van der Waals surface area contributed by atoms with Crippen molar-refractivity contribution in [2.45, 2.75) is 64.0 Å². The molecule has 172 valence electrons. The van der Waals surface area contributed by atoms with Gasteiger partial charge >= 0.3 is 0 Å². The predicted octanol–water partition coefficient (Wildman–Crippen LogP) is 4.61. The molecule has 1 aliphatic heterocycles. The summed E-state index contributed by atoms with van der Waals surface area (Å²) in [6.45, 7) is 1.84. The maximum Gasteiger partial charge on any atom is 0.226 e. The Bertz CT molecular complexity index is 903. The SMILES string of the molecule is O=C(Cc1csc(COc2ccc(Cl)cc2)n1)NC1CCN(C(=O)C2CCCCC2)CC1. The molecule has 1 N–H and O–H groups in total. The molecule has 1 saturated carbocycles. The lowest BCUT2D eigenvalue weighted by Gasteiger charge is -2.35. The Morgan fingerprint density at radius 2 is 1.81 bits per heavy atom. The second kappa shape index (κ2) is 11.1. The third kappa shape index (κ3) is 6.45. The number of amides is 2. The lowest BCUT2D eigenvalue weighted by atomic mass is 9.87. The van der Waals surface area contributed by atoms with Gasteiger partial charge in [-0.1, -0.05) is 30.9 Å². The first-order valence-electron chi connectivity index (χ1n) is 11.5. The highest BCUT2D eigenvalue weighted by Crippen LogP contribution is 2.26. The number of nitrogens with one attached hydrogen (secondary N) is 1. The van der Waals surface area contributed by atoms with Gasteiger partial charge in [0.1, 0.15) is 17.4 Å². The van der Waals surface area contributed by atoms with E-state index in [-0.39, 0.29) is 24.3 Å². The highest BCUT2D eigenvalue weighted by molar-refractivity contribution is 7.09. The molecule has 0 atom stereocenters. The number of ether oxygens (including phenoxy) is 1. The molecular weight excluding hydrogens is 446 g/mol. The zero-order valence-corrected chi connectivity index (χ0v) is 19.8. The minimum Gasteiger partial charge on any atom is -0.486 e. The number of carbonyl (C=O) groups excluding carboxylic acids is 2. The average Bonchev–Trinajstić information content (AvgIpc) is 3.26. The minimum absolute atomic E-state index is 0.0162. The van der Waals surface area contributed by atoms with E-state index in [1.54, 1.807) is 12.1 Å². The van der Waals surface area contributed by atoms with Gasteiger partial charge in [0, 0.05) is 35.5 Å². The first-order chi connectivity index (χ1) is 15.6. The van der Waals surface area contributed by atoms with Gasteiger partial charge in [-0.05, 0) is 49.9 Å². The summed E-state index contributed by atoms with van der Waals surface area (Å²) < 4.78 is 5.72. The minimum atomic E-state index is -0.0162. The van der Waals surface area contributed by atoms with Crippen molar-refractivity contribution in [1.29, 1.82) is 0 Å². The number of thiazole rings is 1. The molecule has 2 fully saturated rings. The molecule has 1 aromatic heterocycles. The highest BCUT2D eigenvalue weighted by atomic mass is 35.5. The Hall–Kier alpha value is -2.12. The van der Waals surface area contributed by atoms with Crippen LogP contribution in [0.25, 0.3) is 0 Å². The fraction of sp³-hybridized carbons (Fsp3) is 0.542. The number of piperidine rings is 1. The van der Waals surface area contributed by atoms with Gasteiger partial charge in [0.05, 0.1) is 12.1 Å². The fourth-order valence-corrected chi connectivity index (χ4v) is 5.30. The summed E-state index contributed by atoms with van der Waals surface area (Å²) >= 11 is 7.37. The van der Waals surface area contributed by atoms with E-state index in [0.717, 1.165) is 55.2 Å². The number of rotatable bonds is 7. The maximum atomic E-state index is 12.7. The van der Waals surface area contributed by atoms with Gasteiger partial charge in [0.15, 0.2) is 0 Å². The van der Waals surface area contributed by atoms with Crippen LogP contribution in [0.5, 0.6) is 5.75 Å². The van der Waals surface area contributed by atoms with Gasteiger partial charge in [-0.2, -0.15) is 0 Å². The van der Waals surface area contributed by atoms with Crippen LogP contribution in [0.15, 0.2) is 29.6 Å². The molecule has 8 heteroatoms. The molecule has 1 saturated heterocycles. The van der Waals surface area contributed by atoms with Crippen LogP contribution < -0.4 is 10.1 Å². The molecule has 2 aliphatic rings. The van der Waals surface area contributed by atoms with Crippen LogP contribution in [-0.2, 0) is 22.6 Å². The molecule has 0 radical (unpaired) electrons. The molecular formula is C24H30ClN3O3S. The van der Waals surface area contributed by atoms with Crippen LogP contribution in [0.2, 0.25) is 5.02 Å². The van der Waals surface area contributed by atoms with Crippen molar-refractivity contribution in [3.63, 3.8) is 0 Å². The van der Waals surface area contributed by atoms with Crippen LogP contribution in [0.3, 0.4) is 0 Å². The smallest absolute Gasteiger partial charge is 0.226 e. The van der Waals surface area contributed by atoms with E-state index in [2.05, 4.69) is 10.3 Å². The Morgan fingerprint density at radius 1 is 1.09 bits per heavy atom. The molecule has 0 bridgehead atoms. The third-order valence-electron chi connectivity index (χ3n) is 6.24. The van der Waals surface area contributed by atoms with Crippen LogP contribution in [0, 0.1) is 5.92 Å². The van der Waals surface area contributed by atoms with Gasteiger partial charge in [-0.25, -0.2) is 4.98 Å². The van der Waals surface area contributed by atoms with Crippen molar-refractivity contribution < 1.29 is 14.3 Å². The molecule has 2 aromatic rings. The van der Waals surface area contributed by atoms with Gasteiger partial charge in [0.25, 0.3) is 0 Å². The molecule has 2 amide bonds. The largest absolute Gasteiger partial charge is 0.486 e. The van der Waals surface area contributed by atoms with Crippen LogP contribution in [-0.4, -0.2) is 40.8 Å². The van der Waals surface area contributed by atoms with E-state index in [9.17, 15) is 9.59 Å². The fourth-order valence-electron chi connectivity index (χ4n) is 4.47. The molecule has 1 aliphatic carbocycles. The number of benzene rings is 1. The van der Waals surface area contributed by atoms with Gasteiger partial charge in [-0.15, -0.1) is 11.3 Å². The first-order valence-corrected chi connectivity index (χ1v) is 12.7. The Balaban J connectivity index is 1.17. The zero-order chi connectivity index (χ0) is 22.3. The van der Waals surface area contributed by atoms with Crippen molar-refractivity contribution in [2.75, 3.05) is 13.1 Å². The van der Waals surface area contributed by atoms with Crippen molar-refractivity contribution in [1.82, 2.24) is 15.2 Å². The van der Waals surface area contributed by atoms with E-state index < -0.39 is 0 Å². The summed E-state index contributed by atoms with van der Waals surface area (Å²) in [5, 5.41) is 6.53. The Morgan fingerprint density at radius 3 is 2.53 bits per heavy atom. The number of aromatic nitrogens is 1. The number of hydrogen-bond acceptors (Lipinski definition) is 5. The lowest BCUT2D eigenvalue weighted by Crippen LogP contribution is -2.48. The van der Waals surface area contributed by atoms with Crippen LogP contribution in [0.1, 0.15) is 55.6 Å². The monoisotopic (exact) mass is 475 g/mol. The molecule has 4 rings (SSSR count). The van der Waals surface area contributed by atoms with Crippen molar-refractivity contribution in [3.05, 3.63) is 45.4 Å². The zero-order valence-electron chi connectivity index (χ0n) is 18.2. The molecule has 0 spiro atoms. The number of likely N-dealkylation sites (tertiary alicyclic amines) is 1. The molecule has 2 heterocycles. The average molecular weight is 476 g/mol. The van der Waals surface area contributed by atoms with E-state index in [1.165, 1.54) is 30.6 Å². The van der Waals surface area contributed by atoms with Crippen molar-refractivity contribution in [3.8, 4) is 5.75 Å². The summed E-state index contributed by atoms with van der Waals surface area (Å²) in [6.07, 6.45) is 7.59. The summed E-state index contributed by atoms with van der Waals surface area (Å²) in [5.41, 5.74) is 0.757. The summed E-state index contributed by atoms with van der Waals surface area (Å²) in [6, 6.07) is 7.33. The third-order valence-corrected chi connectivity index (χ3v) is 7.37. The van der Waals surface area contributed by atoms with E-state index in [1.807, 2.05) is 22.4 Å². The normalized spacial score (nSPS) is 17.8. The Labute approximate surface area is 198 Å². The van der Waals surface area contributed by atoms with Crippen molar-refractivity contribution >= 4 is 34.8 Å². The second-order valence-electron chi connectivity index (χ2n) is 8.65. The number of carbonyl (C=O) groups is 2. The van der Waals surface area contributed by atoms with Crippen molar-refractivity contribution in [2.24, 2.45) is 5.92 Å². The van der Waals surface area contributed by atoms with Gasteiger partial charge < -0.3 is 15.0 Å². The summed E-state index contributed by atoms with van der Waals surface area (Å²) in [4.78, 5) is 31.7. The molecule has 0 unspecified atom stereocenters. The molecule has 6 nitrogen and oxygen atoms in total. The van der Waals surface area contributed by atoms with Gasteiger partial charge in [-0.3, -0.25) is 9.59 Å². The van der Waals surface area contributed by atoms with Gasteiger partial charge in [0.2, 0.25) is 11.8 Å². The van der Waals surface area contributed by atoms with E-state index >= 15 is 0 Å². The lowest BCUT2D eigenvalue weighted by molar-refractivity contribution is -0.137. The number of nitrogens with zero attached hydrogens (tertiary/aromatic N) is 2. The maximum absolute atomic E-state index is 12.7. The summed E-state index contributed by atoms with van der Waals surface area (Å²) in [7, 11) is 0. The number of hydrogen-bond donors (Lipinski definition) is 1. The first kappa shape index (κ1) is 23.1. The van der Waals surface area contributed by atoms with Crippen LogP contribution >= 0.6 is 22.9 Å². The highest BCUT2D eigenvalue weighted by Gasteiger charge is 2.29. The standard InChI is InChI=1S/C24H30ClN3O3S/c25-18-6-8-21(9-7-18)31-15-23-27-20(16-32-23)14-22(29)26-19-10-12-28(13-11-19)24(30)17-4-2-1-3-5-17/h6-9,16-17,19H,1-5,10-15H2,(H,26,29). The summed E-state index contributed by atoms with van der Waals surface area (Å²) in [5.74, 6) is 1.26. The van der Waals surface area contributed by atoms with E-state index in [0.29, 0.717) is 17.5 Å². The molecule has 1 aromatic carbocycles. The topological polar surface area (TPSA) is 71.5 Å². The quantitative estimate of drug-likeness (QED) is 0.635. The molecule has 32 heavy (non-hydrogen) atoms. The van der Waals surface area contributed by atoms with Crippen LogP contribution in [0.4, 0.5) is 0 Å². The van der Waals surface area contributed by atoms with E-state index in [4.69, 9.17) is 16.3 Å². The second-order valence-corrected chi connectivity index (χ2v) is 10.0. The Kier molecular flexibility index (Phi) is 8.03. The predicted molar refractivity (Wildman–Crippen MR) is 126 cm³/mol. The number of halogens is 1.